The Hall–Kier alpha value is -1.89. The van der Waals surface area contributed by atoms with Crippen LogP contribution in [0.4, 0.5) is 0 Å². The number of rotatable bonds is 2. The van der Waals surface area contributed by atoms with Gasteiger partial charge in [-0.2, -0.15) is 0 Å². The zero-order valence-corrected chi connectivity index (χ0v) is 11.4. The van der Waals surface area contributed by atoms with Crippen molar-refractivity contribution in [3.05, 3.63) is 58.1 Å². The Bertz CT molecular complexity index is 586. The van der Waals surface area contributed by atoms with Gasteiger partial charge in [0.25, 0.3) is 0 Å². The summed E-state index contributed by atoms with van der Waals surface area (Å²) in [4.78, 5) is 10.8. The fourth-order valence-corrected chi connectivity index (χ4v) is 2.65. The van der Waals surface area contributed by atoms with Gasteiger partial charge >= 0.3 is 0 Å². The second-order valence-electron chi connectivity index (χ2n) is 4.97. The van der Waals surface area contributed by atoms with E-state index in [1.807, 2.05) is 18.2 Å². The standard InChI is InChI=1S/C17H18O/c1-11-7-13(3)17(14(4)8-11)16-6-5-15(10-18)9-12(16)2/h5-10H,1-4H3. The molecule has 18 heavy (non-hydrogen) atoms. The summed E-state index contributed by atoms with van der Waals surface area (Å²) in [6.45, 7) is 8.46. The molecular weight excluding hydrogens is 220 g/mol. The fourth-order valence-electron chi connectivity index (χ4n) is 2.65. The van der Waals surface area contributed by atoms with Gasteiger partial charge in [0.2, 0.25) is 0 Å². The van der Waals surface area contributed by atoms with E-state index < -0.39 is 0 Å². The van der Waals surface area contributed by atoms with E-state index in [1.165, 1.54) is 27.8 Å². The van der Waals surface area contributed by atoms with E-state index >= 15 is 0 Å². The van der Waals surface area contributed by atoms with Crippen LogP contribution >= 0.6 is 0 Å². The van der Waals surface area contributed by atoms with Gasteiger partial charge in [0.1, 0.15) is 6.29 Å². The van der Waals surface area contributed by atoms with Crippen LogP contribution in [0.15, 0.2) is 30.3 Å². The van der Waals surface area contributed by atoms with Crippen molar-refractivity contribution in [3.8, 4) is 11.1 Å². The van der Waals surface area contributed by atoms with Crippen LogP contribution in [-0.2, 0) is 0 Å². The maximum Gasteiger partial charge on any atom is 0.150 e. The zero-order valence-electron chi connectivity index (χ0n) is 11.4. The van der Waals surface area contributed by atoms with Gasteiger partial charge < -0.3 is 0 Å². The number of aryl methyl sites for hydroxylation is 4. The predicted octanol–water partition coefficient (Wildman–Crippen LogP) is 4.40. The van der Waals surface area contributed by atoms with E-state index in [1.54, 1.807) is 0 Å². The average molecular weight is 238 g/mol. The maximum absolute atomic E-state index is 10.8. The van der Waals surface area contributed by atoms with Crippen molar-refractivity contribution < 1.29 is 4.79 Å². The topological polar surface area (TPSA) is 17.1 Å². The molecule has 0 saturated heterocycles. The second-order valence-corrected chi connectivity index (χ2v) is 4.97. The summed E-state index contributed by atoms with van der Waals surface area (Å²) in [6.07, 6.45) is 0.894. The first-order chi connectivity index (χ1) is 8.52. The normalized spacial score (nSPS) is 10.4. The SMILES string of the molecule is Cc1cc(C)c(-c2ccc(C=O)cc2C)c(C)c1. The first-order valence-electron chi connectivity index (χ1n) is 6.17. The molecule has 0 aliphatic rings. The third-order valence-corrected chi connectivity index (χ3v) is 3.33. The van der Waals surface area contributed by atoms with Gasteiger partial charge in [0, 0.05) is 5.56 Å². The summed E-state index contributed by atoms with van der Waals surface area (Å²) in [6, 6.07) is 10.3. The molecule has 0 heterocycles. The van der Waals surface area contributed by atoms with Gasteiger partial charge in [-0.05, 0) is 61.6 Å². The summed E-state index contributed by atoms with van der Waals surface area (Å²) < 4.78 is 0. The van der Waals surface area contributed by atoms with Gasteiger partial charge in [-0.3, -0.25) is 4.79 Å². The summed E-state index contributed by atoms with van der Waals surface area (Å²) in [5, 5.41) is 0. The summed E-state index contributed by atoms with van der Waals surface area (Å²) >= 11 is 0. The molecule has 0 aliphatic carbocycles. The number of benzene rings is 2. The molecule has 1 heteroatoms. The highest BCUT2D eigenvalue weighted by Gasteiger charge is 2.09. The van der Waals surface area contributed by atoms with Crippen molar-refractivity contribution in [1.29, 1.82) is 0 Å². The van der Waals surface area contributed by atoms with Gasteiger partial charge in [0.05, 0.1) is 0 Å². The van der Waals surface area contributed by atoms with E-state index in [0.29, 0.717) is 0 Å². The first-order valence-corrected chi connectivity index (χ1v) is 6.17. The van der Waals surface area contributed by atoms with Gasteiger partial charge in [-0.15, -0.1) is 0 Å². The van der Waals surface area contributed by atoms with Crippen molar-refractivity contribution in [2.75, 3.05) is 0 Å². The molecule has 2 aromatic carbocycles. The molecular formula is C17H18O. The van der Waals surface area contributed by atoms with Crippen LogP contribution in [0.5, 0.6) is 0 Å². The molecule has 0 aromatic heterocycles. The van der Waals surface area contributed by atoms with Crippen molar-refractivity contribution in [1.82, 2.24) is 0 Å². The fraction of sp³-hybridized carbons (Fsp3) is 0.235. The van der Waals surface area contributed by atoms with Crippen LogP contribution in [0.1, 0.15) is 32.6 Å². The number of aldehydes is 1. The first kappa shape index (κ1) is 12.6. The third kappa shape index (κ3) is 2.21. The Morgan fingerprint density at radius 1 is 0.833 bits per heavy atom. The molecule has 0 unspecified atom stereocenters. The van der Waals surface area contributed by atoms with Crippen molar-refractivity contribution in [2.24, 2.45) is 0 Å². The van der Waals surface area contributed by atoms with Crippen LogP contribution < -0.4 is 0 Å². The molecule has 2 aromatic rings. The summed E-state index contributed by atoms with van der Waals surface area (Å²) in [5.41, 5.74) is 8.25. The molecule has 0 N–H and O–H groups in total. The van der Waals surface area contributed by atoms with Crippen molar-refractivity contribution >= 4 is 6.29 Å². The number of hydrogen-bond acceptors (Lipinski definition) is 1. The Labute approximate surface area is 108 Å². The van der Waals surface area contributed by atoms with E-state index in [4.69, 9.17) is 0 Å². The van der Waals surface area contributed by atoms with E-state index in [2.05, 4.69) is 39.8 Å². The zero-order chi connectivity index (χ0) is 13.3. The molecule has 0 bridgehead atoms. The quantitative estimate of drug-likeness (QED) is 0.709. The Morgan fingerprint density at radius 3 is 1.94 bits per heavy atom. The number of carbonyl (C=O) groups is 1. The van der Waals surface area contributed by atoms with Crippen LogP contribution in [0.3, 0.4) is 0 Å². The molecule has 0 radical (unpaired) electrons. The summed E-state index contributed by atoms with van der Waals surface area (Å²) in [5.74, 6) is 0. The molecule has 2 rings (SSSR count). The number of hydrogen-bond donors (Lipinski definition) is 0. The lowest BCUT2D eigenvalue weighted by Crippen LogP contribution is -1.93. The Kier molecular flexibility index (Phi) is 3.33. The van der Waals surface area contributed by atoms with E-state index in [-0.39, 0.29) is 0 Å². The molecule has 0 fully saturated rings. The van der Waals surface area contributed by atoms with Crippen molar-refractivity contribution in [3.63, 3.8) is 0 Å². The highest BCUT2D eigenvalue weighted by atomic mass is 16.1. The molecule has 0 amide bonds. The molecule has 0 saturated carbocycles. The molecule has 0 aliphatic heterocycles. The molecule has 0 spiro atoms. The lowest BCUT2D eigenvalue weighted by atomic mass is 9.90. The minimum atomic E-state index is 0.735. The Morgan fingerprint density at radius 2 is 1.44 bits per heavy atom. The van der Waals surface area contributed by atoms with Crippen LogP contribution in [0.2, 0.25) is 0 Å². The van der Waals surface area contributed by atoms with Gasteiger partial charge in [-0.1, -0.05) is 29.8 Å². The van der Waals surface area contributed by atoms with E-state index in [9.17, 15) is 4.79 Å². The highest BCUT2D eigenvalue weighted by Crippen LogP contribution is 2.31. The largest absolute Gasteiger partial charge is 0.298 e. The highest BCUT2D eigenvalue weighted by molar-refractivity contribution is 5.80. The maximum atomic E-state index is 10.8. The van der Waals surface area contributed by atoms with Crippen LogP contribution in [0, 0.1) is 27.7 Å². The van der Waals surface area contributed by atoms with Crippen molar-refractivity contribution in [2.45, 2.75) is 27.7 Å². The predicted molar refractivity (Wildman–Crippen MR) is 76.2 cm³/mol. The molecule has 0 atom stereocenters. The number of carbonyl (C=O) groups excluding carboxylic acids is 1. The minimum absolute atomic E-state index is 0.735. The average Bonchev–Trinajstić information content (AvgIpc) is 2.29. The van der Waals surface area contributed by atoms with Gasteiger partial charge in [-0.25, -0.2) is 0 Å². The molecule has 1 nitrogen and oxygen atoms in total. The second kappa shape index (κ2) is 4.77. The third-order valence-electron chi connectivity index (χ3n) is 3.33. The van der Waals surface area contributed by atoms with Crippen LogP contribution in [-0.4, -0.2) is 6.29 Å². The van der Waals surface area contributed by atoms with Gasteiger partial charge in [0.15, 0.2) is 0 Å². The summed E-state index contributed by atoms with van der Waals surface area (Å²) in [7, 11) is 0. The van der Waals surface area contributed by atoms with E-state index in [0.717, 1.165) is 17.4 Å². The minimum Gasteiger partial charge on any atom is -0.298 e. The lowest BCUT2D eigenvalue weighted by Gasteiger charge is -2.14. The van der Waals surface area contributed by atoms with Crippen LogP contribution in [0.25, 0.3) is 11.1 Å². The molecule has 92 valence electrons. The smallest absolute Gasteiger partial charge is 0.150 e. The Balaban J connectivity index is 2.66. The monoisotopic (exact) mass is 238 g/mol. The lowest BCUT2D eigenvalue weighted by molar-refractivity contribution is 0.112.